The Morgan fingerprint density at radius 1 is 1.19 bits per heavy atom. The lowest BCUT2D eigenvalue weighted by molar-refractivity contribution is -0.118. The van der Waals surface area contributed by atoms with E-state index < -0.39 is 15.9 Å². The Morgan fingerprint density at radius 2 is 1.94 bits per heavy atom. The third-order valence-corrected chi connectivity index (χ3v) is 7.27. The summed E-state index contributed by atoms with van der Waals surface area (Å²) in [5, 5.41) is 2.21. The number of urea groups is 1. The van der Waals surface area contributed by atoms with E-state index in [1.165, 1.54) is 4.90 Å². The molecular weight excluding hydrogens is 416 g/mol. The van der Waals surface area contributed by atoms with Crippen LogP contribution < -0.4 is 10.1 Å². The van der Waals surface area contributed by atoms with Crippen molar-refractivity contribution in [2.24, 2.45) is 5.41 Å². The number of rotatable bonds is 10. The molecule has 0 aromatic heterocycles. The fourth-order valence-electron chi connectivity index (χ4n) is 3.57. The van der Waals surface area contributed by atoms with Gasteiger partial charge in [0, 0.05) is 12.0 Å². The van der Waals surface area contributed by atoms with Crippen LogP contribution in [-0.2, 0) is 20.0 Å². The van der Waals surface area contributed by atoms with Gasteiger partial charge in [0.25, 0.3) is 0 Å². The molecule has 8 heteroatoms. The summed E-state index contributed by atoms with van der Waals surface area (Å²) in [6.45, 7) is 7.27. The third-order valence-electron chi connectivity index (χ3n) is 5.42. The Kier molecular flexibility index (Phi) is 6.79. The molecular formula is C23H32N2O5S. The molecule has 1 saturated carbocycles. The summed E-state index contributed by atoms with van der Waals surface area (Å²) in [5.41, 5.74) is 0.776. The van der Waals surface area contributed by atoms with E-state index in [4.69, 9.17) is 4.74 Å². The van der Waals surface area contributed by atoms with Crippen molar-refractivity contribution in [3.8, 4) is 5.75 Å². The first kappa shape index (κ1) is 23.3. The molecule has 0 radical (unpaired) electrons. The van der Waals surface area contributed by atoms with Crippen LogP contribution in [0.2, 0.25) is 0 Å². The summed E-state index contributed by atoms with van der Waals surface area (Å²) in [7, 11) is -3.23. The van der Waals surface area contributed by atoms with E-state index in [-0.39, 0.29) is 34.8 Å². The quantitative estimate of drug-likeness (QED) is 0.439. The lowest BCUT2D eigenvalue weighted by Crippen LogP contribution is -2.28. The second-order valence-electron chi connectivity index (χ2n) is 9.74. The standard InChI is InChI=1S/C23H32N2O5S/c1-22(2,3)16-30-19-9-7-8-18(14-19)23(10-11-23)17-31(28,29)13-6-4-5-12-25-15-20(26)24-21(25)27/h4-5,7-9,14H,6,10-13,15-17H2,1-3H3,(H,24,26,27)/b5-4+. The highest BCUT2D eigenvalue weighted by molar-refractivity contribution is 7.91. The number of imide groups is 1. The molecule has 1 aromatic rings. The number of nitrogens with zero attached hydrogens (tertiary/aromatic N) is 1. The fraction of sp³-hybridized carbons (Fsp3) is 0.565. The second kappa shape index (κ2) is 9.02. The molecule has 1 aliphatic heterocycles. The molecule has 170 valence electrons. The fourth-order valence-corrected chi connectivity index (χ4v) is 5.51. The molecule has 0 atom stereocenters. The molecule has 0 bridgehead atoms. The number of ether oxygens (including phenoxy) is 1. The van der Waals surface area contributed by atoms with Crippen LogP contribution in [0.3, 0.4) is 0 Å². The first-order valence-electron chi connectivity index (χ1n) is 10.7. The molecule has 3 amide bonds. The number of hydrogen-bond acceptors (Lipinski definition) is 5. The number of hydrogen-bond donors (Lipinski definition) is 1. The number of sulfone groups is 1. The Labute approximate surface area is 184 Å². The van der Waals surface area contributed by atoms with Gasteiger partial charge < -0.3 is 9.64 Å². The average molecular weight is 449 g/mol. The SMILES string of the molecule is CC(C)(C)COc1cccc(C2(CS(=O)(=O)CC/C=C/CN3CC(=O)NC3=O)CC2)c1. The van der Waals surface area contributed by atoms with Gasteiger partial charge in [-0.3, -0.25) is 10.1 Å². The van der Waals surface area contributed by atoms with Gasteiger partial charge in [0.05, 0.1) is 18.1 Å². The zero-order chi connectivity index (χ0) is 22.7. The Morgan fingerprint density at radius 3 is 2.55 bits per heavy atom. The summed E-state index contributed by atoms with van der Waals surface area (Å²) < 4.78 is 31.4. The minimum atomic E-state index is -3.23. The smallest absolute Gasteiger partial charge is 0.324 e. The summed E-state index contributed by atoms with van der Waals surface area (Å²) in [6.07, 6.45) is 5.60. The highest BCUT2D eigenvalue weighted by Crippen LogP contribution is 2.50. The van der Waals surface area contributed by atoms with Crippen molar-refractivity contribution in [3.63, 3.8) is 0 Å². The number of benzene rings is 1. The highest BCUT2D eigenvalue weighted by atomic mass is 32.2. The molecule has 3 rings (SSSR count). The van der Waals surface area contributed by atoms with E-state index >= 15 is 0 Å². The van der Waals surface area contributed by atoms with E-state index in [2.05, 4.69) is 26.1 Å². The van der Waals surface area contributed by atoms with Crippen LogP contribution >= 0.6 is 0 Å². The second-order valence-corrected chi connectivity index (χ2v) is 11.9. The molecule has 2 fully saturated rings. The van der Waals surface area contributed by atoms with Crippen molar-refractivity contribution in [1.82, 2.24) is 10.2 Å². The Bertz CT molecular complexity index is 958. The van der Waals surface area contributed by atoms with Gasteiger partial charge in [-0.25, -0.2) is 13.2 Å². The summed E-state index contributed by atoms with van der Waals surface area (Å²) >= 11 is 0. The van der Waals surface area contributed by atoms with Crippen molar-refractivity contribution < 1.29 is 22.7 Å². The van der Waals surface area contributed by atoms with Crippen LogP contribution in [0.1, 0.15) is 45.6 Å². The van der Waals surface area contributed by atoms with Crippen LogP contribution in [0, 0.1) is 5.41 Å². The molecule has 0 unspecified atom stereocenters. The van der Waals surface area contributed by atoms with Gasteiger partial charge in [-0.2, -0.15) is 0 Å². The molecule has 7 nitrogen and oxygen atoms in total. The van der Waals surface area contributed by atoms with Crippen molar-refractivity contribution in [3.05, 3.63) is 42.0 Å². The lowest BCUT2D eigenvalue weighted by atomic mass is 9.97. The molecule has 31 heavy (non-hydrogen) atoms. The minimum absolute atomic E-state index is 0.0442. The predicted molar refractivity (Wildman–Crippen MR) is 120 cm³/mol. The van der Waals surface area contributed by atoms with Gasteiger partial charge in [-0.1, -0.05) is 45.1 Å². The van der Waals surface area contributed by atoms with E-state index in [1.54, 1.807) is 12.2 Å². The molecule has 0 spiro atoms. The predicted octanol–water partition coefficient (Wildman–Crippen LogP) is 3.06. The van der Waals surface area contributed by atoms with Crippen LogP contribution in [0.15, 0.2) is 36.4 Å². The minimum Gasteiger partial charge on any atom is -0.493 e. The lowest BCUT2D eigenvalue weighted by Gasteiger charge is -2.20. The first-order chi connectivity index (χ1) is 14.5. The number of nitrogens with one attached hydrogen (secondary N) is 1. The van der Waals surface area contributed by atoms with Gasteiger partial charge >= 0.3 is 6.03 Å². The number of allylic oxidation sites excluding steroid dienone is 1. The van der Waals surface area contributed by atoms with E-state index in [0.29, 0.717) is 19.6 Å². The Hall–Kier alpha value is -2.35. The van der Waals surface area contributed by atoms with Gasteiger partial charge in [-0.05, 0) is 42.4 Å². The summed E-state index contributed by atoms with van der Waals surface area (Å²) in [5.74, 6) is 0.669. The zero-order valence-corrected chi connectivity index (χ0v) is 19.3. The maximum absolute atomic E-state index is 12.7. The van der Waals surface area contributed by atoms with Crippen LogP contribution in [-0.4, -0.2) is 56.5 Å². The number of amides is 3. The molecule has 1 heterocycles. The highest BCUT2D eigenvalue weighted by Gasteiger charge is 2.47. The van der Waals surface area contributed by atoms with Gasteiger partial charge in [-0.15, -0.1) is 0 Å². The van der Waals surface area contributed by atoms with Gasteiger partial charge in [0.2, 0.25) is 5.91 Å². The maximum Gasteiger partial charge on any atom is 0.324 e. The molecule has 1 aromatic carbocycles. The zero-order valence-electron chi connectivity index (χ0n) is 18.5. The Balaban J connectivity index is 1.52. The van der Waals surface area contributed by atoms with E-state index in [0.717, 1.165) is 24.2 Å². The van der Waals surface area contributed by atoms with Gasteiger partial charge in [0.1, 0.15) is 12.3 Å². The first-order valence-corrected chi connectivity index (χ1v) is 12.5. The van der Waals surface area contributed by atoms with Crippen molar-refractivity contribution in [1.29, 1.82) is 0 Å². The number of carbonyl (C=O) groups excluding carboxylic acids is 2. The van der Waals surface area contributed by atoms with E-state index in [1.807, 2.05) is 24.3 Å². The maximum atomic E-state index is 12.7. The van der Waals surface area contributed by atoms with Crippen LogP contribution in [0.25, 0.3) is 0 Å². The summed E-state index contributed by atoms with van der Waals surface area (Å²) in [6, 6.07) is 7.42. The molecule has 1 aliphatic carbocycles. The molecule has 1 saturated heterocycles. The summed E-state index contributed by atoms with van der Waals surface area (Å²) in [4.78, 5) is 24.0. The molecule has 1 N–H and O–H groups in total. The van der Waals surface area contributed by atoms with Crippen molar-refractivity contribution in [2.75, 3.05) is 31.2 Å². The monoisotopic (exact) mass is 448 g/mol. The van der Waals surface area contributed by atoms with Crippen molar-refractivity contribution >= 4 is 21.8 Å². The van der Waals surface area contributed by atoms with Crippen molar-refractivity contribution in [2.45, 2.75) is 45.4 Å². The van der Waals surface area contributed by atoms with Crippen LogP contribution in [0.4, 0.5) is 4.79 Å². The van der Waals surface area contributed by atoms with Crippen LogP contribution in [0.5, 0.6) is 5.75 Å². The largest absolute Gasteiger partial charge is 0.493 e. The van der Waals surface area contributed by atoms with E-state index in [9.17, 15) is 18.0 Å². The van der Waals surface area contributed by atoms with Gasteiger partial charge in [0.15, 0.2) is 9.84 Å². The third kappa shape index (κ3) is 6.82. The normalized spacial score (nSPS) is 18.5. The number of carbonyl (C=O) groups is 2. The molecule has 2 aliphatic rings. The average Bonchev–Trinajstić information content (AvgIpc) is 3.37. The topological polar surface area (TPSA) is 92.8 Å².